The average molecular weight is 491 g/mol. The third-order valence-corrected chi connectivity index (χ3v) is 5.84. The Hall–Kier alpha value is -0.860. The summed E-state index contributed by atoms with van der Waals surface area (Å²) in [6.45, 7) is 3.72. The Morgan fingerprint density at radius 3 is 2.76 bits per heavy atom. The lowest BCUT2D eigenvalue weighted by Crippen LogP contribution is -2.40. The molecule has 2 aromatic rings. The largest absolute Gasteiger partial charge is 0.356 e. The van der Waals surface area contributed by atoms with Gasteiger partial charge in [-0.1, -0.05) is 30.7 Å². The number of nitrogens with zero attached hydrogens (tertiary/aromatic N) is 2. The van der Waals surface area contributed by atoms with Gasteiger partial charge in [0, 0.05) is 35.1 Å². The van der Waals surface area contributed by atoms with E-state index in [-0.39, 0.29) is 29.4 Å². The Morgan fingerprint density at radius 1 is 1.36 bits per heavy atom. The van der Waals surface area contributed by atoms with Crippen molar-refractivity contribution in [3.63, 3.8) is 0 Å². The monoisotopic (exact) mass is 490 g/mol. The minimum absolute atomic E-state index is 0. The van der Waals surface area contributed by atoms with Crippen LogP contribution in [0.3, 0.4) is 0 Å². The maximum Gasteiger partial charge on any atom is 0.191 e. The molecule has 0 radical (unpaired) electrons. The van der Waals surface area contributed by atoms with Crippen molar-refractivity contribution in [3.8, 4) is 0 Å². The molecule has 1 heterocycles. The summed E-state index contributed by atoms with van der Waals surface area (Å²) in [5, 5.41) is 8.69. The van der Waals surface area contributed by atoms with Gasteiger partial charge in [0.15, 0.2) is 5.96 Å². The van der Waals surface area contributed by atoms with Crippen molar-refractivity contribution in [2.45, 2.75) is 38.1 Å². The van der Waals surface area contributed by atoms with Gasteiger partial charge in [0.1, 0.15) is 5.01 Å². The summed E-state index contributed by atoms with van der Waals surface area (Å²) < 4.78 is 0. The van der Waals surface area contributed by atoms with E-state index in [0.717, 1.165) is 29.0 Å². The number of nitrogens with one attached hydrogen (secondary N) is 2. The fourth-order valence-corrected chi connectivity index (χ4v) is 3.76. The molecule has 0 spiro atoms. The van der Waals surface area contributed by atoms with E-state index in [9.17, 15) is 0 Å². The number of hydrogen-bond donors (Lipinski definition) is 2. The van der Waals surface area contributed by atoms with Gasteiger partial charge in [0.05, 0.1) is 6.54 Å². The highest BCUT2D eigenvalue weighted by molar-refractivity contribution is 14.0. The highest BCUT2D eigenvalue weighted by atomic mass is 127. The minimum Gasteiger partial charge on any atom is -0.356 e. The third kappa shape index (κ3) is 5.31. The van der Waals surface area contributed by atoms with Crippen LogP contribution in [-0.2, 0) is 18.4 Å². The first kappa shape index (κ1) is 20.5. The smallest absolute Gasteiger partial charge is 0.191 e. The molecule has 0 saturated heterocycles. The average Bonchev–Trinajstić information content (AvgIpc) is 3.25. The van der Waals surface area contributed by atoms with Gasteiger partial charge in [-0.05, 0) is 37.0 Å². The maximum atomic E-state index is 6.14. The summed E-state index contributed by atoms with van der Waals surface area (Å²) in [6.07, 6.45) is 5.36. The first-order valence-electron chi connectivity index (χ1n) is 8.29. The number of benzene rings is 1. The van der Waals surface area contributed by atoms with Crippen LogP contribution >= 0.6 is 46.9 Å². The summed E-state index contributed by atoms with van der Waals surface area (Å²) in [6, 6.07) is 8.19. The summed E-state index contributed by atoms with van der Waals surface area (Å²) in [7, 11) is 1.80. The predicted molar refractivity (Wildman–Crippen MR) is 117 cm³/mol. The Morgan fingerprint density at radius 2 is 2.16 bits per heavy atom. The lowest BCUT2D eigenvalue weighted by Gasteiger charge is -2.19. The molecular weight excluding hydrogens is 467 g/mol. The minimum atomic E-state index is 0. The van der Waals surface area contributed by atoms with E-state index in [4.69, 9.17) is 11.6 Å². The highest BCUT2D eigenvalue weighted by Gasteiger charge is 2.44. The molecule has 1 saturated carbocycles. The molecule has 0 bridgehead atoms. The van der Waals surface area contributed by atoms with Crippen LogP contribution in [0.1, 0.15) is 35.2 Å². The van der Waals surface area contributed by atoms with Gasteiger partial charge in [0.25, 0.3) is 0 Å². The Balaban J connectivity index is 0.00000225. The van der Waals surface area contributed by atoms with Crippen LogP contribution in [-0.4, -0.2) is 24.5 Å². The van der Waals surface area contributed by atoms with Crippen molar-refractivity contribution in [2.24, 2.45) is 4.99 Å². The molecule has 0 aliphatic heterocycles. The standard InChI is InChI=1S/C18H23ClN4S.HI/c1-3-15-10-21-16(24-15)11-22-17(20-2)23-12-18(7-8-18)13-5-4-6-14(19)9-13;/h4-6,9-10H,3,7-8,11-12H2,1-2H3,(H2,20,22,23);1H. The third-order valence-electron chi connectivity index (χ3n) is 4.47. The lowest BCUT2D eigenvalue weighted by molar-refractivity contribution is 0.645. The number of aromatic nitrogens is 1. The fourth-order valence-electron chi connectivity index (χ4n) is 2.76. The van der Waals surface area contributed by atoms with E-state index in [0.29, 0.717) is 6.54 Å². The van der Waals surface area contributed by atoms with Crippen LogP contribution in [0.2, 0.25) is 5.02 Å². The Bertz CT molecular complexity index is 727. The molecule has 1 aliphatic carbocycles. The molecule has 1 fully saturated rings. The number of thiazole rings is 1. The molecule has 0 amide bonds. The summed E-state index contributed by atoms with van der Waals surface area (Å²) in [4.78, 5) is 10.1. The van der Waals surface area contributed by atoms with E-state index < -0.39 is 0 Å². The Kier molecular flexibility index (Phi) is 7.51. The Labute approximate surface area is 175 Å². The van der Waals surface area contributed by atoms with Gasteiger partial charge in [-0.15, -0.1) is 35.3 Å². The molecule has 3 rings (SSSR count). The summed E-state index contributed by atoms with van der Waals surface area (Å²) >= 11 is 7.89. The first-order chi connectivity index (χ1) is 11.6. The van der Waals surface area contributed by atoms with Gasteiger partial charge >= 0.3 is 0 Å². The van der Waals surface area contributed by atoms with E-state index in [1.54, 1.807) is 18.4 Å². The molecular formula is C18H24ClIN4S. The summed E-state index contributed by atoms with van der Waals surface area (Å²) in [5.74, 6) is 0.816. The second kappa shape index (κ2) is 9.19. The lowest BCUT2D eigenvalue weighted by atomic mass is 9.96. The van der Waals surface area contributed by atoms with E-state index in [2.05, 4.69) is 39.7 Å². The second-order valence-corrected chi connectivity index (χ2v) is 7.78. The van der Waals surface area contributed by atoms with E-state index in [1.807, 2.05) is 18.3 Å². The zero-order chi connectivity index (χ0) is 17.0. The number of guanidine groups is 1. The normalized spacial score (nSPS) is 15.4. The SMILES string of the molecule is CCc1cnc(CNC(=NC)NCC2(c3cccc(Cl)c3)CC2)s1.I. The molecule has 136 valence electrons. The van der Waals surface area contributed by atoms with Gasteiger partial charge in [0.2, 0.25) is 0 Å². The van der Waals surface area contributed by atoms with Crippen molar-refractivity contribution in [1.82, 2.24) is 15.6 Å². The van der Waals surface area contributed by atoms with Crippen molar-refractivity contribution < 1.29 is 0 Å². The van der Waals surface area contributed by atoms with Crippen LogP contribution in [0.15, 0.2) is 35.5 Å². The topological polar surface area (TPSA) is 49.3 Å². The number of hydrogen-bond acceptors (Lipinski definition) is 3. The van der Waals surface area contributed by atoms with E-state index in [1.165, 1.54) is 23.3 Å². The van der Waals surface area contributed by atoms with Gasteiger partial charge in [-0.25, -0.2) is 4.98 Å². The number of aryl methyl sites for hydroxylation is 1. The zero-order valence-corrected chi connectivity index (χ0v) is 18.4. The molecule has 25 heavy (non-hydrogen) atoms. The summed E-state index contributed by atoms with van der Waals surface area (Å²) in [5.41, 5.74) is 1.50. The number of rotatable bonds is 6. The van der Waals surface area contributed by atoms with Crippen molar-refractivity contribution in [3.05, 3.63) is 50.9 Å². The highest BCUT2D eigenvalue weighted by Crippen LogP contribution is 2.48. The number of aliphatic imine (C=N–C) groups is 1. The quantitative estimate of drug-likeness (QED) is 0.359. The van der Waals surface area contributed by atoms with Crippen molar-refractivity contribution >= 4 is 52.9 Å². The molecule has 0 atom stereocenters. The molecule has 7 heteroatoms. The molecule has 1 aromatic carbocycles. The van der Waals surface area contributed by atoms with Gasteiger partial charge in [-0.3, -0.25) is 4.99 Å². The van der Waals surface area contributed by atoms with Crippen LogP contribution in [0.5, 0.6) is 0 Å². The van der Waals surface area contributed by atoms with Crippen molar-refractivity contribution in [2.75, 3.05) is 13.6 Å². The molecule has 1 aliphatic rings. The zero-order valence-electron chi connectivity index (χ0n) is 14.5. The van der Waals surface area contributed by atoms with Crippen LogP contribution in [0, 0.1) is 0 Å². The predicted octanol–water partition coefficient (Wildman–Crippen LogP) is 4.37. The molecule has 4 nitrogen and oxygen atoms in total. The van der Waals surface area contributed by atoms with Crippen molar-refractivity contribution in [1.29, 1.82) is 0 Å². The second-order valence-electron chi connectivity index (χ2n) is 6.14. The molecule has 2 N–H and O–H groups in total. The molecule has 0 unspecified atom stereocenters. The number of halogens is 2. The first-order valence-corrected chi connectivity index (χ1v) is 9.49. The van der Waals surface area contributed by atoms with Crippen LogP contribution < -0.4 is 10.6 Å². The van der Waals surface area contributed by atoms with E-state index >= 15 is 0 Å². The molecule has 1 aromatic heterocycles. The fraction of sp³-hybridized carbons (Fsp3) is 0.444. The van der Waals surface area contributed by atoms with Gasteiger partial charge in [-0.2, -0.15) is 0 Å². The van der Waals surface area contributed by atoms with Gasteiger partial charge < -0.3 is 10.6 Å². The van der Waals surface area contributed by atoms with Crippen LogP contribution in [0.25, 0.3) is 0 Å². The van der Waals surface area contributed by atoms with Crippen LogP contribution in [0.4, 0.5) is 0 Å². The maximum absolute atomic E-state index is 6.14.